The first kappa shape index (κ1) is 18.0. The van der Waals surface area contributed by atoms with Gasteiger partial charge >= 0.3 is 0 Å². The van der Waals surface area contributed by atoms with Gasteiger partial charge in [0.15, 0.2) is 0 Å². The number of nitrogens with zero attached hydrogens (tertiary/aromatic N) is 2. The lowest BCUT2D eigenvalue weighted by Gasteiger charge is -2.13. The molecule has 0 saturated heterocycles. The summed E-state index contributed by atoms with van der Waals surface area (Å²) in [7, 11) is 0. The van der Waals surface area contributed by atoms with Gasteiger partial charge in [0.2, 0.25) is 5.91 Å². The number of anilines is 1. The summed E-state index contributed by atoms with van der Waals surface area (Å²) >= 11 is 5.92. The molecule has 6 heteroatoms. The average Bonchev–Trinajstić information content (AvgIpc) is 2.93. The predicted molar refractivity (Wildman–Crippen MR) is 103 cm³/mol. The molecule has 0 unspecified atom stereocenters. The van der Waals surface area contributed by atoms with Crippen LogP contribution in [0.1, 0.15) is 17.8 Å². The molecule has 1 heterocycles. The van der Waals surface area contributed by atoms with Gasteiger partial charge in [0, 0.05) is 10.7 Å². The number of carbonyl (C=O) groups excluding carboxylic acids is 1. The van der Waals surface area contributed by atoms with E-state index in [1.807, 2.05) is 61.0 Å². The quantitative estimate of drug-likeness (QED) is 0.693. The van der Waals surface area contributed by atoms with E-state index in [1.54, 1.807) is 12.1 Å². The van der Waals surface area contributed by atoms with E-state index in [9.17, 15) is 4.79 Å². The molecular formula is C20H20ClN3O2. The summed E-state index contributed by atoms with van der Waals surface area (Å²) in [4.78, 5) is 12.3. The largest absolute Gasteiger partial charge is 0.493 e. The van der Waals surface area contributed by atoms with Gasteiger partial charge in [-0.1, -0.05) is 29.8 Å². The third-order valence-corrected chi connectivity index (χ3v) is 4.04. The van der Waals surface area contributed by atoms with Gasteiger partial charge in [-0.05, 0) is 50.2 Å². The molecule has 134 valence electrons. The highest BCUT2D eigenvalue weighted by Crippen LogP contribution is 2.22. The SMILES string of the molecule is Cc1cc(C)n(-c2ccccc2NC(=O)CCOc2cccc(Cl)c2)n1. The molecule has 0 aliphatic carbocycles. The van der Waals surface area contributed by atoms with Crippen molar-refractivity contribution < 1.29 is 9.53 Å². The maximum atomic E-state index is 12.3. The van der Waals surface area contributed by atoms with Crippen LogP contribution >= 0.6 is 11.6 Å². The van der Waals surface area contributed by atoms with Crippen molar-refractivity contribution in [3.63, 3.8) is 0 Å². The highest BCUT2D eigenvalue weighted by Gasteiger charge is 2.11. The molecule has 0 bridgehead atoms. The smallest absolute Gasteiger partial charge is 0.227 e. The first-order valence-electron chi connectivity index (χ1n) is 8.34. The van der Waals surface area contributed by atoms with Crippen LogP contribution in [0.3, 0.4) is 0 Å². The van der Waals surface area contributed by atoms with Gasteiger partial charge in [-0.15, -0.1) is 0 Å². The second kappa shape index (κ2) is 8.06. The van der Waals surface area contributed by atoms with Crippen molar-refractivity contribution in [1.29, 1.82) is 0 Å². The number of para-hydroxylation sites is 2. The molecule has 2 aromatic carbocycles. The second-order valence-corrected chi connectivity index (χ2v) is 6.40. The highest BCUT2D eigenvalue weighted by atomic mass is 35.5. The maximum Gasteiger partial charge on any atom is 0.227 e. The number of hydrogen-bond acceptors (Lipinski definition) is 3. The second-order valence-electron chi connectivity index (χ2n) is 5.96. The Morgan fingerprint density at radius 1 is 1.15 bits per heavy atom. The van der Waals surface area contributed by atoms with Crippen molar-refractivity contribution in [3.8, 4) is 11.4 Å². The molecule has 0 saturated carbocycles. The molecule has 5 nitrogen and oxygen atoms in total. The monoisotopic (exact) mass is 369 g/mol. The number of amides is 1. The fourth-order valence-electron chi connectivity index (χ4n) is 2.67. The van der Waals surface area contributed by atoms with Gasteiger partial charge in [0.05, 0.1) is 30.1 Å². The molecule has 3 aromatic rings. The molecular weight excluding hydrogens is 350 g/mol. The van der Waals surface area contributed by atoms with E-state index in [4.69, 9.17) is 16.3 Å². The van der Waals surface area contributed by atoms with Crippen LogP contribution in [-0.2, 0) is 4.79 Å². The number of benzene rings is 2. The van der Waals surface area contributed by atoms with Gasteiger partial charge in [-0.2, -0.15) is 5.10 Å². The minimum absolute atomic E-state index is 0.124. The standard InChI is InChI=1S/C20H20ClN3O2/c1-14-12-15(2)24(23-14)19-9-4-3-8-18(19)22-20(25)10-11-26-17-7-5-6-16(21)13-17/h3-9,12-13H,10-11H2,1-2H3,(H,22,25). The molecule has 0 aliphatic heterocycles. The Kier molecular flexibility index (Phi) is 5.58. The molecule has 1 aromatic heterocycles. The zero-order valence-corrected chi connectivity index (χ0v) is 15.5. The Balaban J connectivity index is 1.64. The summed E-state index contributed by atoms with van der Waals surface area (Å²) in [5, 5.41) is 8.03. The van der Waals surface area contributed by atoms with E-state index in [0.717, 1.165) is 17.1 Å². The zero-order valence-electron chi connectivity index (χ0n) is 14.7. The van der Waals surface area contributed by atoms with Crippen molar-refractivity contribution in [2.75, 3.05) is 11.9 Å². The molecule has 0 aliphatic rings. The number of nitrogens with one attached hydrogen (secondary N) is 1. The molecule has 0 spiro atoms. The summed E-state index contributed by atoms with van der Waals surface area (Å²) in [6.45, 7) is 4.20. The van der Waals surface area contributed by atoms with Gasteiger partial charge in [0.25, 0.3) is 0 Å². The number of ether oxygens (including phenoxy) is 1. The zero-order chi connectivity index (χ0) is 18.5. The Morgan fingerprint density at radius 3 is 2.69 bits per heavy atom. The normalized spacial score (nSPS) is 10.6. The minimum atomic E-state index is -0.124. The lowest BCUT2D eigenvalue weighted by atomic mass is 10.2. The van der Waals surface area contributed by atoms with Crippen molar-refractivity contribution >= 4 is 23.2 Å². The number of aryl methyl sites for hydroxylation is 2. The molecule has 0 radical (unpaired) electrons. The lowest BCUT2D eigenvalue weighted by molar-refractivity contribution is -0.116. The Labute approximate surface area is 157 Å². The Morgan fingerprint density at radius 2 is 1.96 bits per heavy atom. The fraction of sp³-hybridized carbons (Fsp3) is 0.200. The lowest BCUT2D eigenvalue weighted by Crippen LogP contribution is -2.17. The van der Waals surface area contributed by atoms with Crippen LogP contribution in [0.5, 0.6) is 5.75 Å². The van der Waals surface area contributed by atoms with E-state index in [1.165, 1.54) is 0 Å². The van der Waals surface area contributed by atoms with E-state index in [2.05, 4.69) is 10.4 Å². The third-order valence-electron chi connectivity index (χ3n) is 3.81. The molecule has 0 atom stereocenters. The van der Waals surface area contributed by atoms with Gasteiger partial charge in [0.1, 0.15) is 5.75 Å². The van der Waals surface area contributed by atoms with Crippen molar-refractivity contribution in [3.05, 3.63) is 71.0 Å². The Bertz CT molecular complexity index is 921. The molecule has 3 rings (SSSR count). The van der Waals surface area contributed by atoms with Crippen LogP contribution in [0, 0.1) is 13.8 Å². The molecule has 1 N–H and O–H groups in total. The third kappa shape index (κ3) is 4.43. The van der Waals surface area contributed by atoms with Crippen LogP contribution in [0.15, 0.2) is 54.6 Å². The first-order valence-corrected chi connectivity index (χ1v) is 8.71. The minimum Gasteiger partial charge on any atom is -0.493 e. The van der Waals surface area contributed by atoms with Crippen molar-refractivity contribution in [2.45, 2.75) is 20.3 Å². The first-order chi connectivity index (χ1) is 12.5. The number of rotatable bonds is 6. The van der Waals surface area contributed by atoms with Crippen LogP contribution in [-0.4, -0.2) is 22.3 Å². The van der Waals surface area contributed by atoms with Gasteiger partial charge < -0.3 is 10.1 Å². The Hall–Kier alpha value is -2.79. The number of aromatic nitrogens is 2. The highest BCUT2D eigenvalue weighted by molar-refractivity contribution is 6.30. The molecule has 1 amide bonds. The van der Waals surface area contributed by atoms with E-state index in [-0.39, 0.29) is 18.9 Å². The summed E-state index contributed by atoms with van der Waals surface area (Å²) in [5.74, 6) is 0.523. The predicted octanol–water partition coefficient (Wildman–Crippen LogP) is 4.55. The number of halogens is 1. The fourth-order valence-corrected chi connectivity index (χ4v) is 2.85. The van der Waals surface area contributed by atoms with Crippen molar-refractivity contribution in [2.24, 2.45) is 0 Å². The molecule has 26 heavy (non-hydrogen) atoms. The average molecular weight is 370 g/mol. The van der Waals surface area contributed by atoms with Crippen molar-refractivity contribution in [1.82, 2.24) is 9.78 Å². The number of hydrogen-bond donors (Lipinski definition) is 1. The summed E-state index contributed by atoms with van der Waals surface area (Å²) in [5.41, 5.74) is 3.49. The van der Waals surface area contributed by atoms with E-state index < -0.39 is 0 Å². The van der Waals surface area contributed by atoms with Crippen LogP contribution < -0.4 is 10.1 Å². The van der Waals surface area contributed by atoms with Crippen LogP contribution in [0.25, 0.3) is 5.69 Å². The summed E-state index contributed by atoms with van der Waals surface area (Å²) < 4.78 is 7.40. The van der Waals surface area contributed by atoms with Gasteiger partial charge in [-0.25, -0.2) is 4.68 Å². The number of carbonyl (C=O) groups is 1. The summed E-state index contributed by atoms with van der Waals surface area (Å²) in [6.07, 6.45) is 0.234. The van der Waals surface area contributed by atoms with Crippen LogP contribution in [0.4, 0.5) is 5.69 Å². The maximum absolute atomic E-state index is 12.3. The summed E-state index contributed by atoms with van der Waals surface area (Å²) in [6, 6.07) is 16.7. The van der Waals surface area contributed by atoms with Gasteiger partial charge in [-0.3, -0.25) is 4.79 Å². The van der Waals surface area contributed by atoms with Crippen LogP contribution in [0.2, 0.25) is 5.02 Å². The molecule has 0 fully saturated rings. The van der Waals surface area contributed by atoms with E-state index >= 15 is 0 Å². The topological polar surface area (TPSA) is 56.2 Å². The van der Waals surface area contributed by atoms with E-state index in [0.29, 0.717) is 16.5 Å².